The van der Waals surface area contributed by atoms with E-state index < -0.39 is 10.0 Å². The first-order valence-corrected chi connectivity index (χ1v) is 12.5. The quantitative estimate of drug-likeness (QED) is 0.594. The molecule has 0 unspecified atom stereocenters. The fourth-order valence-electron chi connectivity index (χ4n) is 4.09. The van der Waals surface area contributed by atoms with Gasteiger partial charge in [0.05, 0.1) is 36.2 Å². The second-order valence-corrected chi connectivity index (χ2v) is 10.6. The molecule has 1 heterocycles. The number of rotatable bonds is 8. The Kier molecular flexibility index (Phi) is 6.55. The van der Waals surface area contributed by atoms with Gasteiger partial charge in [0.2, 0.25) is 15.9 Å². The molecule has 1 aliphatic heterocycles. The van der Waals surface area contributed by atoms with Crippen LogP contribution in [0, 0.1) is 0 Å². The van der Waals surface area contributed by atoms with Gasteiger partial charge in [-0.3, -0.25) is 9.10 Å². The number of carbonyl (C=O) groups excluding carboxylic acids is 1. The second-order valence-electron chi connectivity index (χ2n) is 8.06. The predicted octanol–water partition coefficient (Wildman–Crippen LogP) is 4.02. The summed E-state index contributed by atoms with van der Waals surface area (Å²) < 4.78 is 33.6. The number of hydrogen-bond acceptors (Lipinski definition) is 4. The van der Waals surface area contributed by atoms with Gasteiger partial charge in [0, 0.05) is 5.02 Å². The van der Waals surface area contributed by atoms with Crippen molar-refractivity contribution in [2.45, 2.75) is 43.5 Å². The molecule has 0 radical (unpaired) electrons. The van der Waals surface area contributed by atoms with Gasteiger partial charge in [0.15, 0.2) is 0 Å². The van der Waals surface area contributed by atoms with Crippen molar-refractivity contribution in [1.82, 2.24) is 4.90 Å². The van der Waals surface area contributed by atoms with Crippen LogP contribution in [0.3, 0.4) is 0 Å². The fourth-order valence-corrected chi connectivity index (χ4v) is 6.10. The number of nitrogens with zero attached hydrogens (tertiary/aromatic N) is 2. The Morgan fingerprint density at radius 2 is 1.81 bits per heavy atom. The Balaban J connectivity index is 1.67. The van der Waals surface area contributed by atoms with Gasteiger partial charge >= 0.3 is 0 Å². The summed E-state index contributed by atoms with van der Waals surface area (Å²) in [5.41, 5.74) is 1.56. The van der Waals surface area contributed by atoms with Crippen molar-refractivity contribution >= 4 is 33.2 Å². The molecule has 1 aliphatic carbocycles. The molecule has 0 aromatic heterocycles. The molecule has 0 spiro atoms. The molecule has 6 nitrogen and oxygen atoms in total. The van der Waals surface area contributed by atoms with Crippen molar-refractivity contribution in [1.29, 1.82) is 0 Å². The highest BCUT2D eigenvalue weighted by molar-refractivity contribution is 7.93. The van der Waals surface area contributed by atoms with E-state index in [0.29, 0.717) is 36.6 Å². The third kappa shape index (κ3) is 4.73. The van der Waals surface area contributed by atoms with Gasteiger partial charge in [0.25, 0.3) is 0 Å². The van der Waals surface area contributed by atoms with Crippen LogP contribution in [-0.2, 0) is 19.6 Å². The van der Waals surface area contributed by atoms with Crippen LogP contribution in [0.15, 0.2) is 54.6 Å². The molecular weight excluding hydrogens is 436 g/mol. The van der Waals surface area contributed by atoms with E-state index in [-0.39, 0.29) is 36.4 Å². The van der Waals surface area contributed by atoms with E-state index in [9.17, 15) is 13.2 Å². The van der Waals surface area contributed by atoms with E-state index >= 15 is 0 Å². The van der Waals surface area contributed by atoms with Crippen LogP contribution < -0.4 is 4.31 Å². The normalized spacial score (nSPS) is 20.5. The van der Waals surface area contributed by atoms with E-state index in [1.54, 1.807) is 12.1 Å². The number of amides is 1. The Hall–Kier alpha value is -2.09. The molecule has 2 aromatic rings. The van der Waals surface area contributed by atoms with E-state index in [1.165, 1.54) is 4.31 Å². The summed E-state index contributed by atoms with van der Waals surface area (Å²) in [6, 6.07) is 16.0. The lowest BCUT2D eigenvalue weighted by Gasteiger charge is -2.42. The molecule has 2 aromatic carbocycles. The average Bonchev–Trinajstić information content (AvgIpc) is 3.62. The Labute approximate surface area is 188 Å². The molecule has 4 rings (SSSR count). The van der Waals surface area contributed by atoms with E-state index in [1.807, 2.05) is 54.3 Å². The van der Waals surface area contributed by atoms with E-state index in [0.717, 1.165) is 5.56 Å². The average molecular weight is 463 g/mol. The minimum Gasteiger partial charge on any atom is -0.369 e. The Bertz CT molecular complexity index is 1010. The first-order chi connectivity index (χ1) is 14.9. The predicted molar refractivity (Wildman–Crippen MR) is 122 cm³/mol. The van der Waals surface area contributed by atoms with Crippen molar-refractivity contribution in [3.8, 4) is 0 Å². The van der Waals surface area contributed by atoms with Crippen LogP contribution in [-0.4, -0.2) is 50.3 Å². The molecule has 0 bridgehead atoms. The lowest BCUT2D eigenvalue weighted by molar-refractivity contribution is -0.152. The number of hydrogen-bond donors (Lipinski definition) is 0. The maximum Gasteiger partial charge on any atom is 0.249 e. The molecule has 2 fully saturated rings. The fraction of sp³-hybridized carbons (Fsp3) is 0.435. The third-order valence-corrected chi connectivity index (χ3v) is 8.46. The number of anilines is 1. The number of para-hydroxylation sites is 1. The molecule has 166 valence electrons. The first-order valence-electron chi connectivity index (χ1n) is 10.6. The van der Waals surface area contributed by atoms with Crippen molar-refractivity contribution < 1.29 is 17.9 Å². The Morgan fingerprint density at radius 1 is 1.13 bits per heavy atom. The van der Waals surface area contributed by atoms with Crippen molar-refractivity contribution in [2.75, 3.05) is 24.1 Å². The molecule has 31 heavy (non-hydrogen) atoms. The highest BCUT2D eigenvalue weighted by Crippen LogP contribution is 2.35. The van der Waals surface area contributed by atoms with Gasteiger partial charge in [-0.05, 0) is 49.1 Å². The number of halogens is 1. The van der Waals surface area contributed by atoms with Crippen LogP contribution in [0.25, 0.3) is 0 Å². The van der Waals surface area contributed by atoms with Crippen LogP contribution in [0.5, 0.6) is 0 Å². The molecule has 0 N–H and O–H groups in total. The summed E-state index contributed by atoms with van der Waals surface area (Å²) in [7, 11) is -3.48. The molecular formula is C23H27ClN2O4S. The van der Waals surface area contributed by atoms with Gasteiger partial charge in [-0.15, -0.1) is 0 Å². The number of sulfonamides is 1. The minimum absolute atomic E-state index is 0.00129. The molecule has 2 aliphatic rings. The number of benzene rings is 2. The topological polar surface area (TPSA) is 66.9 Å². The van der Waals surface area contributed by atoms with Gasteiger partial charge in [0.1, 0.15) is 6.61 Å². The number of morpholine rings is 1. The number of ether oxygens (including phenoxy) is 1. The third-order valence-electron chi connectivity index (χ3n) is 5.92. The molecule has 1 amide bonds. The molecule has 1 saturated heterocycles. The van der Waals surface area contributed by atoms with E-state index in [4.69, 9.17) is 16.3 Å². The zero-order valence-electron chi connectivity index (χ0n) is 17.5. The van der Waals surface area contributed by atoms with Gasteiger partial charge < -0.3 is 9.64 Å². The lowest BCUT2D eigenvalue weighted by atomic mass is 10.0. The van der Waals surface area contributed by atoms with Gasteiger partial charge in [-0.25, -0.2) is 8.42 Å². The standard InChI is InChI=1S/C23H27ClN2O4S/c1-2-19(14-25(20-6-4-3-5-7-20)31(28,29)21-12-13-21)26-22(15-30-16-23(26)27)17-8-10-18(24)11-9-17/h3-11,19,21-22H,2,12-16H2,1H3/t19-,22-/m0/s1. The second kappa shape index (κ2) is 9.18. The SMILES string of the molecule is CC[C@@H](CN(c1ccccc1)S(=O)(=O)C1CC1)N1C(=O)COC[C@H]1c1ccc(Cl)cc1. The summed E-state index contributed by atoms with van der Waals surface area (Å²) in [4.78, 5) is 14.8. The molecule has 2 atom stereocenters. The van der Waals surface area contributed by atoms with Crippen LogP contribution in [0.4, 0.5) is 5.69 Å². The number of carbonyl (C=O) groups is 1. The smallest absolute Gasteiger partial charge is 0.249 e. The van der Waals surface area contributed by atoms with Crippen molar-refractivity contribution in [2.24, 2.45) is 0 Å². The molecule has 1 saturated carbocycles. The summed E-state index contributed by atoms with van der Waals surface area (Å²) in [5.74, 6) is -0.130. The van der Waals surface area contributed by atoms with Crippen LogP contribution >= 0.6 is 11.6 Å². The van der Waals surface area contributed by atoms with Crippen LogP contribution in [0.2, 0.25) is 5.02 Å². The maximum absolute atomic E-state index is 13.3. The van der Waals surface area contributed by atoms with Crippen molar-refractivity contribution in [3.05, 3.63) is 65.2 Å². The van der Waals surface area contributed by atoms with Crippen LogP contribution in [0.1, 0.15) is 37.8 Å². The maximum atomic E-state index is 13.3. The largest absolute Gasteiger partial charge is 0.369 e. The van der Waals surface area contributed by atoms with Gasteiger partial charge in [-0.1, -0.05) is 48.9 Å². The lowest BCUT2D eigenvalue weighted by Crippen LogP contribution is -2.54. The molecule has 8 heteroatoms. The monoisotopic (exact) mass is 462 g/mol. The summed E-state index contributed by atoms with van der Waals surface area (Å²) in [6.07, 6.45) is 2.00. The van der Waals surface area contributed by atoms with E-state index in [2.05, 4.69) is 0 Å². The highest BCUT2D eigenvalue weighted by Gasteiger charge is 2.43. The van der Waals surface area contributed by atoms with Crippen molar-refractivity contribution in [3.63, 3.8) is 0 Å². The summed E-state index contributed by atoms with van der Waals surface area (Å²) in [6.45, 7) is 2.57. The minimum atomic E-state index is -3.48. The zero-order chi connectivity index (χ0) is 22.0. The first kappa shape index (κ1) is 22.1. The Morgan fingerprint density at radius 3 is 2.42 bits per heavy atom. The summed E-state index contributed by atoms with van der Waals surface area (Å²) >= 11 is 6.04. The van der Waals surface area contributed by atoms with Gasteiger partial charge in [-0.2, -0.15) is 0 Å². The summed E-state index contributed by atoms with van der Waals surface area (Å²) in [5, 5.41) is 0.286. The zero-order valence-corrected chi connectivity index (χ0v) is 19.1. The highest BCUT2D eigenvalue weighted by atomic mass is 35.5.